The van der Waals surface area contributed by atoms with Crippen molar-refractivity contribution in [3.8, 4) is 5.75 Å². The highest BCUT2D eigenvalue weighted by molar-refractivity contribution is 5.94. The minimum absolute atomic E-state index is 0.0356. The van der Waals surface area contributed by atoms with Crippen molar-refractivity contribution in [3.63, 3.8) is 0 Å². The molecule has 0 atom stereocenters. The minimum Gasteiger partial charge on any atom is -0.508 e. The molecule has 31 heavy (non-hydrogen) atoms. The number of esters is 1. The lowest BCUT2D eigenvalue weighted by Gasteiger charge is -2.19. The number of phenolic OH excluding ortho intramolecular Hbond substituents is 1. The first kappa shape index (κ1) is 23.7. The molecule has 0 radical (unpaired) electrons. The predicted molar refractivity (Wildman–Crippen MR) is 116 cm³/mol. The lowest BCUT2D eigenvalue weighted by atomic mass is 10.1. The van der Waals surface area contributed by atoms with Crippen LogP contribution >= 0.6 is 0 Å². The van der Waals surface area contributed by atoms with Crippen molar-refractivity contribution < 1.29 is 29.0 Å². The standard InChI is InChI=1S/C23H28N2O6/c1-23(2,3)31-21(28)12-10-17-9-11-18(26)13-19(17)25-20(27)14-24-22(29)30-15-16-7-5-4-6-8-16/h4-9,11,13,26H,10,12,14-15H2,1-3H3,(H,24,29)(H,25,27). The van der Waals surface area contributed by atoms with E-state index in [1.165, 1.54) is 12.1 Å². The number of carbonyl (C=O) groups is 3. The summed E-state index contributed by atoms with van der Waals surface area (Å²) in [6.07, 6.45) is -0.285. The van der Waals surface area contributed by atoms with E-state index in [1.807, 2.05) is 30.3 Å². The lowest BCUT2D eigenvalue weighted by Crippen LogP contribution is -2.33. The van der Waals surface area contributed by atoms with Gasteiger partial charge in [0.15, 0.2) is 0 Å². The van der Waals surface area contributed by atoms with E-state index in [0.717, 1.165) is 5.56 Å². The summed E-state index contributed by atoms with van der Waals surface area (Å²) < 4.78 is 10.3. The number of benzene rings is 2. The van der Waals surface area contributed by atoms with Crippen LogP contribution in [0.4, 0.5) is 10.5 Å². The van der Waals surface area contributed by atoms with Gasteiger partial charge in [-0.05, 0) is 44.4 Å². The quantitative estimate of drug-likeness (QED) is 0.554. The molecule has 8 nitrogen and oxygen atoms in total. The molecule has 2 aromatic carbocycles. The SMILES string of the molecule is CC(C)(C)OC(=O)CCc1ccc(O)cc1NC(=O)CNC(=O)OCc1ccccc1. The minimum atomic E-state index is -0.722. The summed E-state index contributed by atoms with van der Waals surface area (Å²) >= 11 is 0. The van der Waals surface area contributed by atoms with Crippen LogP contribution in [0.1, 0.15) is 38.3 Å². The van der Waals surface area contributed by atoms with Crippen molar-refractivity contribution in [1.82, 2.24) is 5.32 Å². The van der Waals surface area contributed by atoms with Crippen LogP contribution in [0.5, 0.6) is 5.75 Å². The van der Waals surface area contributed by atoms with E-state index in [4.69, 9.17) is 9.47 Å². The number of carbonyl (C=O) groups excluding carboxylic acids is 3. The summed E-state index contributed by atoms with van der Waals surface area (Å²) in [4.78, 5) is 36.0. The van der Waals surface area contributed by atoms with Gasteiger partial charge in [0.2, 0.25) is 5.91 Å². The van der Waals surface area contributed by atoms with Crippen LogP contribution < -0.4 is 10.6 Å². The fourth-order valence-corrected chi connectivity index (χ4v) is 2.65. The first-order valence-corrected chi connectivity index (χ1v) is 9.90. The highest BCUT2D eigenvalue weighted by Crippen LogP contribution is 2.23. The van der Waals surface area contributed by atoms with E-state index in [2.05, 4.69) is 10.6 Å². The van der Waals surface area contributed by atoms with Gasteiger partial charge in [0.1, 0.15) is 24.5 Å². The maximum atomic E-state index is 12.2. The smallest absolute Gasteiger partial charge is 0.407 e. The highest BCUT2D eigenvalue weighted by atomic mass is 16.6. The van der Waals surface area contributed by atoms with Gasteiger partial charge in [-0.1, -0.05) is 36.4 Å². The molecule has 0 aromatic heterocycles. The Hall–Kier alpha value is -3.55. The van der Waals surface area contributed by atoms with Gasteiger partial charge in [0.05, 0.1) is 0 Å². The maximum Gasteiger partial charge on any atom is 0.407 e. The van der Waals surface area contributed by atoms with Crippen LogP contribution in [-0.2, 0) is 32.1 Å². The Balaban J connectivity index is 1.85. The average molecular weight is 428 g/mol. The fourth-order valence-electron chi connectivity index (χ4n) is 2.65. The van der Waals surface area contributed by atoms with Crippen LogP contribution in [0.15, 0.2) is 48.5 Å². The number of aromatic hydroxyl groups is 1. The van der Waals surface area contributed by atoms with E-state index >= 15 is 0 Å². The number of phenols is 1. The van der Waals surface area contributed by atoms with Crippen LogP contribution in [-0.4, -0.2) is 35.2 Å². The molecule has 0 fully saturated rings. The van der Waals surface area contributed by atoms with E-state index in [1.54, 1.807) is 26.8 Å². The summed E-state index contributed by atoms with van der Waals surface area (Å²) in [7, 11) is 0. The van der Waals surface area contributed by atoms with Gasteiger partial charge in [-0.2, -0.15) is 0 Å². The van der Waals surface area contributed by atoms with Gasteiger partial charge in [-0.15, -0.1) is 0 Å². The second kappa shape index (κ2) is 11.0. The second-order valence-electron chi connectivity index (χ2n) is 7.89. The third kappa shape index (κ3) is 9.20. The maximum absolute atomic E-state index is 12.2. The largest absolute Gasteiger partial charge is 0.508 e. The first-order valence-electron chi connectivity index (χ1n) is 9.90. The molecule has 2 amide bonds. The molecule has 0 unspecified atom stereocenters. The topological polar surface area (TPSA) is 114 Å². The van der Waals surface area contributed by atoms with Crippen LogP contribution in [0.25, 0.3) is 0 Å². The molecule has 0 spiro atoms. The molecule has 166 valence electrons. The van der Waals surface area contributed by atoms with Gasteiger partial charge in [-0.25, -0.2) is 4.79 Å². The molecule has 2 rings (SSSR count). The van der Waals surface area contributed by atoms with Crippen molar-refractivity contribution >= 4 is 23.7 Å². The van der Waals surface area contributed by atoms with Crippen LogP contribution in [0, 0.1) is 0 Å². The molecule has 0 heterocycles. The molecule has 3 N–H and O–H groups in total. The van der Waals surface area contributed by atoms with Gasteiger partial charge < -0.3 is 25.2 Å². The molecule has 8 heteroatoms. The summed E-state index contributed by atoms with van der Waals surface area (Å²) in [5.41, 5.74) is 1.26. The van der Waals surface area contributed by atoms with Gasteiger partial charge in [0.25, 0.3) is 0 Å². The van der Waals surface area contributed by atoms with E-state index in [-0.39, 0.29) is 31.3 Å². The molecule has 0 aliphatic carbocycles. The molecular formula is C23H28N2O6. The Bertz CT molecular complexity index is 906. The number of amides is 2. The Kier molecular flexibility index (Phi) is 8.43. The first-order chi connectivity index (χ1) is 14.6. The number of anilines is 1. The van der Waals surface area contributed by atoms with Gasteiger partial charge in [-0.3, -0.25) is 9.59 Å². The monoisotopic (exact) mass is 428 g/mol. The number of ether oxygens (including phenoxy) is 2. The molecular weight excluding hydrogens is 400 g/mol. The van der Waals surface area contributed by atoms with Gasteiger partial charge in [0, 0.05) is 18.2 Å². The molecule has 0 saturated heterocycles. The molecule has 0 saturated carbocycles. The number of hydrogen-bond acceptors (Lipinski definition) is 6. The Morgan fingerprint density at radius 3 is 2.42 bits per heavy atom. The van der Waals surface area contributed by atoms with Crippen molar-refractivity contribution in [2.45, 2.75) is 45.8 Å². The average Bonchev–Trinajstić information content (AvgIpc) is 2.69. The summed E-state index contributed by atoms with van der Waals surface area (Å²) in [5.74, 6) is -0.895. The van der Waals surface area contributed by atoms with Gasteiger partial charge >= 0.3 is 12.1 Å². The molecule has 0 aliphatic rings. The number of rotatable bonds is 8. The zero-order valence-electron chi connectivity index (χ0n) is 17.9. The Morgan fingerprint density at radius 1 is 1.03 bits per heavy atom. The third-order valence-electron chi connectivity index (χ3n) is 3.99. The Morgan fingerprint density at radius 2 is 1.74 bits per heavy atom. The number of alkyl carbamates (subject to hydrolysis) is 1. The number of hydrogen-bond donors (Lipinski definition) is 3. The summed E-state index contributed by atoms with van der Waals surface area (Å²) in [6, 6.07) is 13.6. The summed E-state index contributed by atoms with van der Waals surface area (Å²) in [6.45, 7) is 5.14. The van der Waals surface area contributed by atoms with Crippen molar-refractivity contribution in [3.05, 3.63) is 59.7 Å². The number of nitrogens with one attached hydrogen (secondary N) is 2. The zero-order valence-corrected chi connectivity index (χ0v) is 17.9. The summed E-state index contributed by atoms with van der Waals surface area (Å²) in [5, 5.41) is 14.7. The lowest BCUT2D eigenvalue weighted by molar-refractivity contribution is -0.154. The van der Waals surface area contributed by atoms with Crippen molar-refractivity contribution in [2.24, 2.45) is 0 Å². The van der Waals surface area contributed by atoms with Crippen molar-refractivity contribution in [2.75, 3.05) is 11.9 Å². The van der Waals surface area contributed by atoms with Crippen LogP contribution in [0.3, 0.4) is 0 Å². The molecule has 0 bridgehead atoms. The van der Waals surface area contributed by atoms with E-state index in [9.17, 15) is 19.5 Å². The Labute approximate surface area is 181 Å². The van der Waals surface area contributed by atoms with E-state index in [0.29, 0.717) is 17.7 Å². The normalized spacial score (nSPS) is 10.8. The molecule has 2 aromatic rings. The number of aryl methyl sites for hydroxylation is 1. The van der Waals surface area contributed by atoms with Crippen molar-refractivity contribution in [1.29, 1.82) is 0 Å². The third-order valence-corrected chi connectivity index (χ3v) is 3.99. The van der Waals surface area contributed by atoms with E-state index < -0.39 is 17.6 Å². The zero-order chi connectivity index (χ0) is 22.9. The van der Waals surface area contributed by atoms with Crippen LogP contribution in [0.2, 0.25) is 0 Å². The second-order valence-corrected chi connectivity index (χ2v) is 7.89. The fraction of sp³-hybridized carbons (Fsp3) is 0.348. The predicted octanol–water partition coefficient (Wildman–Crippen LogP) is 3.53. The highest BCUT2D eigenvalue weighted by Gasteiger charge is 2.17. The molecule has 0 aliphatic heterocycles.